The van der Waals surface area contributed by atoms with Crippen molar-refractivity contribution < 1.29 is 13.2 Å². The minimum Gasteiger partial charge on any atom is -0.354 e. The standard InChI is InChI=1S/C15H21F3N4/c1-21(2)13(10-20-14-19-7-8-22(14)3)11-5-4-6-12(9-11)15(16,17)18/h4-6,9,13H,7-8,10H2,1-3H3,(H,19,20). The fraction of sp³-hybridized carbons (Fsp3) is 0.533. The number of alkyl halides is 3. The molecule has 2 rings (SSSR count). The normalized spacial score (nSPS) is 16.9. The Balaban J connectivity index is 2.14. The highest BCUT2D eigenvalue weighted by Crippen LogP contribution is 2.31. The van der Waals surface area contributed by atoms with Gasteiger partial charge in [-0.3, -0.25) is 4.99 Å². The fourth-order valence-corrected chi connectivity index (χ4v) is 2.43. The van der Waals surface area contributed by atoms with Crippen molar-refractivity contribution in [3.63, 3.8) is 0 Å². The molecule has 0 amide bonds. The van der Waals surface area contributed by atoms with Crippen molar-refractivity contribution in [1.29, 1.82) is 0 Å². The minimum atomic E-state index is -4.32. The molecule has 1 aliphatic rings. The number of nitrogens with zero attached hydrogens (tertiary/aromatic N) is 3. The molecule has 0 aliphatic carbocycles. The van der Waals surface area contributed by atoms with Gasteiger partial charge in [0.25, 0.3) is 0 Å². The summed E-state index contributed by atoms with van der Waals surface area (Å²) >= 11 is 0. The van der Waals surface area contributed by atoms with E-state index in [-0.39, 0.29) is 6.04 Å². The molecule has 1 atom stereocenters. The Labute approximate surface area is 128 Å². The third-order valence-corrected chi connectivity index (χ3v) is 3.73. The number of nitrogens with one attached hydrogen (secondary N) is 1. The smallest absolute Gasteiger partial charge is 0.354 e. The van der Waals surface area contributed by atoms with Gasteiger partial charge in [-0.2, -0.15) is 13.2 Å². The number of halogens is 3. The number of hydrogen-bond donors (Lipinski definition) is 1. The van der Waals surface area contributed by atoms with E-state index in [1.54, 1.807) is 6.07 Å². The second kappa shape index (κ2) is 6.56. The van der Waals surface area contributed by atoms with Crippen LogP contribution >= 0.6 is 0 Å². The van der Waals surface area contributed by atoms with E-state index >= 15 is 0 Å². The van der Waals surface area contributed by atoms with Gasteiger partial charge in [-0.25, -0.2) is 0 Å². The van der Waals surface area contributed by atoms with Crippen LogP contribution in [0.4, 0.5) is 13.2 Å². The first kappa shape index (κ1) is 16.6. The Kier molecular flexibility index (Phi) is 4.95. The number of benzene rings is 1. The topological polar surface area (TPSA) is 30.9 Å². The van der Waals surface area contributed by atoms with Crippen LogP contribution in [0.15, 0.2) is 29.3 Å². The lowest BCUT2D eigenvalue weighted by Gasteiger charge is -2.27. The van der Waals surface area contributed by atoms with Crippen LogP contribution in [0.25, 0.3) is 0 Å². The lowest BCUT2D eigenvalue weighted by atomic mass is 10.0. The van der Waals surface area contributed by atoms with Crippen LogP contribution in [0.3, 0.4) is 0 Å². The van der Waals surface area contributed by atoms with Gasteiger partial charge in [-0.1, -0.05) is 12.1 Å². The summed E-state index contributed by atoms with van der Waals surface area (Å²) in [4.78, 5) is 8.23. The summed E-state index contributed by atoms with van der Waals surface area (Å²) in [7, 11) is 5.65. The highest BCUT2D eigenvalue weighted by Gasteiger charge is 2.31. The van der Waals surface area contributed by atoms with Gasteiger partial charge >= 0.3 is 6.18 Å². The first-order valence-corrected chi connectivity index (χ1v) is 7.12. The first-order valence-electron chi connectivity index (χ1n) is 7.12. The van der Waals surface area contributed by atoms with Crippen LogP contribution in [0.1, 0.15) is 17.2 Å². The molecule has 1 unspecified atom stereocenters. The molecule has 0 bridgehead atoms. The van der Waals surface area contributed by atoms with Crippen LogP contribution in [-0.4, -0.2) is 56.5 Å². The van der Waals surface area contributed by atoms with E-state index in [4.69, 9.17) is 0 Å². The second-order valence-corrected chi connectivity index (χ2v) is 5.61. The largest absolute Gasteiger partial charge is 0.416 e. The van der Waals surface area contributed by atoms with Gasteiger partial charge in [0, 0.05) is 20.1 Å². The van der Waals surface area contributed by atoms with Crippen molar-refractivity contribution in [3.05, 3.63) is 35.4 Å². The van der Waals surface area contributed by atoms with Gasteiger partial charge in [0.15, 0.2) is 5.96 Å². The molecule has 1 aliphatic heterocycles. The second-order valence-electron chi connectivity index (χ2n) is 5.61. The Morgan fingerprint density at radius 3 is 2.64 bits per heavy atom. The van der Waals surface area contributed by atoms with Gasteiger partial charge in [0.05, 0.1) is 18.2 Å². The molecule has 22 heavy (non-hydrogen) atoms. The number of likely N-dealkylation sites (N-methyl/N-ethyl adjacent to an activating group) is 2. The molecule has 1 heterocycles. The third kappa shape index (κ3) is 3.91. The van der Waals surface area contributed by atoms with E-state index in [0.29, 0.717) is 12.1 Å². The molecule has 4 nitrogen and oxygen atoms in total. The number of aliphatic imine (C=N–C) groups is 1. The zero-order valence-corrected chi connectivity index (χ0v) is 13.0. The van der Waals surface area contributed by atoms with Gasteiger partial charge in [-0.05, 0) is 31.8 Å². The fourth-order valence-electron chi connectivity index (χ4n) is 2.43. The lowest BCUT2D eigenvalue weighted by Crippen LogP contribution is -2.40. The summed E-state index contributed by atoms with van der Waals surface area (Å²) in [6.07, 6.45) is -4.32. The first-order chi connectivity index (χ1) is 10.3. The Morgan fingerprint density at radius 2 is 2.09 bits per heavy atom. The summed E-state index contributed by atoms with van der Waals surface area (Å²) in [6, 6.07) is 5.32. The van der Waals surface area contributed by atoms with Crippen molar-refractivity contribution in [2.45, 2.75) is 12.2 Å². The van der Waals surface area contributed by atoms with Crippen molar-refractivity contribution in [3.8, 4) is 0 Å². The molecule has 1 N–H and O–H groups in total. The number of guanidine groups is 1. The summed E-state index contributed by atoms with van der Waals surface area (Å²) in [5.74, 6) is 0.791. The molecule has 0 radical (unpaired) electrons. The van der Waals surface area contributed by atoms with E-state index < -0.39 is 11.7 Å². The molecule has 0 spiro atoms. The quantitative estimate of drug-likeness (QED) is 0.924. The number of hydrogen-bond acceptors (Lipinski definition) is 4. The van der Waals surface area contributed by atoms with Crippen LogP contribution in [0.5, 0.6) is 0 Å². The highest BCUT2D eigenvalue weighted by molar-refractivity contribution is 5.81. The van der Waals surface area contributed by atoms with Crippen molar-refractivity contribution in [1.82, 2.24) is 15.1 Å². The summed E-state index contributed by atoms with van der Waals surface area (Å²) < 4.78 is 38.6. The minimum absolute atomic E-state index is 0.168. The van der Waals surface area contributed by atoms with E-state index in [1.165, 1.54) is 12.1 Å². The molecule has 1 aromatic carbocycles. The van der Waals surface area contributed by atoms with E-state index in [2.05, 4.69) is 10.3 Å². The van der Waals surface area contributed by atoms with Gasteiger partial charge in [-0.15, -0.1) is 0 Å². The number of rotatable bonds is 4. The summed E-state index contributed by atoms with van der Waals surface area (Å²) in [6.45, 7) is 2.10. The molecule has 0 fully saturated rings. The van der Waals surface area contributed by atoms with Crippen LogP contribution in [0, 0.1) is 0 Å². The molecular weight excluding hydrogens is 293 g/mol. The SMILES string of the molecule is CN1CCN=C1NCC(c1cccc(C(F)(F)F)c1)N(C)C. The van der Waals surface area contributed by atoms with E-state index in [0.717, 1.165) is 25.1 Å². The van der Waals surface area contributed by atoms with Gasteiger partial charge in [0.2, 0.25) is 0 Å². The average molecular weight is 314 g/mol. The summed E-state index contributed by atoms with van der Waals surface area (Å²) in [5.41, 5.74) is 0.0146. The van der Waals surface area contributed by atoms with E-state index in [9.17, 15) is 13.2 Å². The zero-order valence-electron chi connectivity index (χ0n) is 13.0. The third-order valence-electron chi connectivity index (χ3n) is 3.73. The zero-order chi connectivity index (χ0) is 16.3. The summed E-state index contributed by atoms with van der Waals surface area (Å²) in [5, 5.41) is 3.22. The van der Waals surface area contributed by atoms with Crippen molar-refractivity contribution in [2.24, 2.45) is 4.99 Å². The van der Waals surface area contributed by atoms with Crippen molar-refractivity contribution >= 4 is 5.96 Å². The van der Waals surface area contributed by atoms with Crippen LogP contribution in [-0.2, 0) is 6.18 Å². The molecule has 0 saturated carbocycles. The van der Waals surface area contributed by atoms with Crippen molar-refractivity contribution in [2.75, 3.05) is 40.8 Å². The molecule has 0 aromatic heterocycles. The Hall–Kier alpha value is -1.76. The van der Waals surface area contributed by atoms with Gasteiger partial charge < -0.3 is 15.1 Å². The average Bonchev–Trinajstić information content (AvgIpc) is 2.84. The maximum absolute atomic E-state index is 12.9. The van der Waals surface area contributed by atoms with Crippen LogP contribution < -0.4 is 5.32 Å². The monoisotopic (exact) mass is 314 g/mol. The van der Waals surface area contributed by atoms with E-state index in [1.807, 2.05) is 30.9 Å². The maximum Gasteiger partial charge on any atom is 0.416 e. The predicted octanol–water partition coefficient (Wildman–Crippen LogP) is 2.20. The highest BCUT2D eigenvalue weighted by atomic mass is 19.4. The molecule has 1 aromatic rings. The maximum atomic E-state index is 12.9. The lowest BCUT2D eigenvalue weighted by molar-refractivity contribution is -0.137. The molecule has 0 saturated heterocycles. The molecule has 122 valence electrons. The predicted molar refractivity (Wildman–Crippen MR) is 80.8 cm³/mol. The molecular formula is C15H21F3N4. The molecule has 7 heteroatoms. The Bertz CT molecular complexity index is 540. The Morgan fingerprint density at radius 1 is 1.36 bits per heavy atom. The van der Waals surface area contributed by atoms with Crippen LogP contribution in [0.2, 0.25) is 0 Å². The van der Waals surface area contributed by atoms with Gasteiger partial charge in [0.1, 0.15) is 0 Å².